The lowest BCUT2D eigenvalue weighted by Gasteiger charge is -2.28. The highest BCUT2D eigenvalue weighted by Crippen LogP contribution is 2.33. The van der Waals surface area contributed by atoms with Crippen molar-refractivity contribution in [2.24, 2.45) is 0 Å². The second kappa shape index (κ2) is 5.17. The zero-order valence-electron chi connectivity index (χ0n) is 10.7. The standard InChI is InChI=1S/C13H14ClFN2O2/c1-7(2)8-5-9(15)12(14)10(6-8)17-4-3-11(18)16-13(17)19/h5-7H,3-4H2,1-2H3,(H,16,18,19). The molecule has 0 unspecified atom stereocenters. The molecular formula is C13H14ClFN2O2. The van der Waals surface area contributed by atoms with E-state index in [1.807, 2.05) is 13.8 Å². The van der Waals surface area contributed by atoms with Crippen molar-refractivity contribution in [3.8, 4) is 0 Å². The van der Waals surface area contributed by atoms with Crippen LogP contribution in [0.5, 0.6) is 0 Å². The molecule has 1 saturated heterocycles. The maximum absolute atomic E-state index is 13.8. The number of benzene rings is 1. The maximum Gasteiger partial charge on any atom is 0.328 e. The molecule has 0 aromatic heterocycles. The number of carbonyl (C=O) groups excluding carboxylic acids is 2. The Morgan fingerprint density at radius 2 is 2.05 bits per heavy atom. The zero-order chi connectivity index (χ0) is 14.2. The predicted octanol–water partition coefficient (Wildman–Crippen LogP) is 3.05. The summed E-state index contributed by atoms with van der Waals surface area (Å²) in [6.07, 6.45) is 0.176. The number of nitrogens with zero attached hydrogens (tertiary/aromatic N) is 1. The molecule has 0 bridgehead atoms. The second-order valence-electron chi connectivity index (χ2n) is 4.75. The van der Waals surface area contributed by atoms with Gasteiger partial charge in [-0.2, -0.15) is 0 Å². The average molecular weight is 285 g/mol. The molecule has 102 valence electrons. The number of imide groups is 1. The summed E-state index contributed by atoms with van der Waals surface area (Å²) in [5, 5.41) is 2.09. The van der Waals surface area contributed by atoms with Crippen LogP contribution in [0.25, 0.3) is 0 Å². The van der Waals surface area contributed by atoms with Crippen LogP contribution in [0.1, 0.15) is 31.7 Å². The number of urea groups is 1. The Balaban J connectivity index is 2.43. The molecular weight excluding hydrogens is 271 g/mol. The van der Waals surface area contributed by atoms with Gasteiger partial charge in [-0.3, -0.25) is 15.0 Å². The van der Waals surface area contributed by atoms with Crippen LogP contribution in [0.4, 0.5) is 14.9 Å². The summed E-state index contributed by atoms with van der Waals surface area (Å²) < 4.78 is 13.8. The third-order valence-corrected chi connectivity index (χ3v) is 3.42. The van der Waals surface area contributed by atoms with Gasteiger partial charge in [0.1, 0.15) is 10.8 Å². The first kappa shape index (κ1) is 13.8. The van der Waals surface area contributed by atoms with Gasteiger partial charge in [-0.1, -0.05) is 25.4 Å². The molecule has 0 radical (unpaired) electrons. The summed E-state index contributed by atoms with van der Waals surface area (Å²) in [5.41, 5.74) is 1.05. The van der Waals surface area contributed by atoms with Gasteiger partial charge in [0.25, 0.3) is 0 Å². The summed E-state index contributed by atoms with van der Waals surface area (Å²) >= 11 is 5.92. The van der Waals surface area contributed by atoms with E-state index in [1.54, 1.807) is 6.07 Å². The van der Waals surface area contributed by atoms with Crippen molar-refractivity contribution in [2.75, 3.05) is 11.4 Å². The lowest BCUT2D eigenvalue weighted by atomic mass is 10.0. The van der Waals surface area contributed by atoms with E-state index < -0.39 is 11.8 Å². The fourth-order valence-electron chi connectivity index (χ4n) is 1.92. The third kappa shape index (κ3) is 2.71. The summed E-state index contributed by atoms with van der Waals surface area (Å²) in [6, 6.07) is 2.48. The van der Waals surface area contributed by atoms with Gasteiger partial charge < -0.3 is 0 Å². The van der Waals surface area contributed by atoms with Crippen molar-refractivity contribution in [1.29, 1.82) is 0 Å². The molecule has 1 aromatic carbocycles. The largest absolute Gasteiger partial charge is 0.328 e. The fourth-order valence-corrected chi connectivity index (χ4v) is 2.13. The second-order valence-corrected chi connectivity index (χ2v) is 5.12. The molecule has 1 aliphatic rings. The number of hydrogen-bond acceptors (Lipinski definition) is 2. The Morgan fingerprint density at radius 1 is 1.37 bits per heavy atom. The predicted molar refractivity (Wildman–Crippen MR) is 71.0 cm³/mol. The Morgan fingerprint density at radius 3 is 2.63 bits per heavy atom. The Hall–Kier alpha value is -1.62. The van der Waals surface area contributed by atoms with Crippen molar-refractivity contribution < 1.29 is 14.0 Å². The van der Waals surface area contributed by atoms with Crippen LogP contribution in [0.2, 0.25) is 5.02 Å². The Kier molecular flexibility index (Phi) is 3.75. The van der Waals surface area contributed by atoms with Crippen LogP contribution in [-0.2, 0) is 4.79 Å². The third-order valence-electron chi connectivity index (χ3n) is 3.04. The molecule has 4 nitrogen and oxygen atoms in total. The number of halogens is 2. The van der Waals surface area contributed by atoms with Crippen molar-refractivity contribution in [1.82, 2.24) is 5.32 Å². The Labute approximate surface area is 115 Å². The lowest BCUT2D eigenvalue weighted by Crippen LogP contribution is -2.49. The minimum absolute atomic E-state index is 0.103. The monoisotopic (exact) mass is 284 g/mol. The molecule has 6 heteroatoms. The minimum Gasteiger partial charge on any atom is -0.292 e. The number of amides is 3. The molecule has 1 aliphatic heterocycles. The Bertz CT molecular complexity index is 546. The molecule has 1 aromatic rings. The van der Waals surface area contributed by atoms with Gasteiger partial charge >= 0.3 is 6.03 Å². The van der Waals surface area contributed by atoms with Crippen LogP contribution in [0.3, 0.4) is 0 Å². The van der Waals surface area contributed by atoms with E-state index in [0.29, 0.717) is 5.69 Å². The molecule has 0 aliphatic carbocycles. The van der Waals surface area contributed by atoms with Gasteiger partial charge in [0.05, 0.1) is 5.69 Å². The van der Waals surface area contributed by atoms with E-state index in [1.165, 1.54) is 11.0 Å². The molecule has 3 amide bonds. The molecule has 1 heterocycles. The number of hydrogen-bond donors (Lipinski definition) is 1. The molecule has 19 heavy (non-hydrogen) atoms. The fraction of sp³-hybridized carbons (Fsp3) is 0.385. The molecule has 0 atom stereocenters. The van der Waals surface area contributed by atoms with Crippen LogP contribution >= 0.6 is 11.6 Å². The normalized spacial score (nSPS) is 15.9. The van der Waals surface area contributed by atoms with Gasteiger partial charge in [0, 0.05) is 13.0 Å². The first-order valence-electron chi connectivity index (χ1n) is 6.00. The van der Waals surface area contributed by atoms with Gasteiger partial charge in [-0.15, -0.1) is 0 Å². The van der Waals surface area contributed by atoms with E-state index in [2.05, 4.69) is 5.32 Å². The van der Waals surface area contributed by atoms with Crippen molar-refractivity contribution in [3.63, 3.8) is 0 Å². The smallest absolute Gasteiger partial charge is 0.292 e. The maximum atomic E-state index is 13.8. The van der Waals surface area contributed by atoms with Crippen LogP contribution < -0.4 is 10.2 Å². The molecule has 1 N–H and O–H groups in total. The van der Waals surface area contributed by atoms with Gasteiger partial charge in [-0.25, -0.2) is 9.18 Å². The molecule has 2 rings (SSSR count). The SMILES string of the molecule is CC(C)c1cc(F)c(Cl)c(N2CCC(=O)NC2=O)c1. The van der Waals surface area contributed by atoms with E-state index in [0.717, 1.165) is 5.56 Å². The molecule has 1 fully saturated rings. The number of carbonyl (C=O) groups is 2. The van der Waals surface area contributed by atoms with Gasteiger partial charge in [0.2, 0.25) is 5.91 Å². The summed E-state index contributed by atoms with van der Waals surface area (Å²) in [7, 11) is 0. The van der Waals surface area contributed by atoms with Crippen molar-refractivity contribution in [2.45, 2.75) is 26.2 Å². The van der Waals surface area contributed by atoms with E-state index >= 15 is 0 Å². The number of anilines is 1. The van der Waals surface area contributed by atoms with Crippen LogP contribution in [-0.4, -0.2) is 18.5 Å². The van der Waals surface area contributed by atoms with Crippen LogP contribution in [0.15, 0.2) is 12.1 Å². The van der Waals surface area contributed by atoms with E-state index in [-0.39, 0.29) is 29.8 Å². The molecule has 0 spiro atoms. The quantitative estimate of drug-likeness (QED) is 0.907. The molecule has 0 saturated carbocycles. The highest BCUT2D eigenvalue weighted by Gasteiger charge is 2.27. The van der Waals surface area contributed by atoms with Gasteiger partial charge in [-0.05, 0) is 23.6 Å². The van der Waals surface area contributed by atoms with E-state index in [9.17, 15) is 14.0 Å². The topological polar surface area (TPSA) is 49.4 Å². The van der Waals surface area contributed by atoms with Crippen molar-refractivity contribution >= 4 is 29.2 Å². The summed E-state index contributed by atoms with van der Waals surface area (Å²) in [6.45, 7) is 4.05. The van der Waals surface area contributed by atoms with Crippen molar-refractivity contribution in [3.05, 3.63) is 28.5 Å². The zero-order valence-corrected chi connectivity index (χ0v) is 11.4. The highest BCUT2D eigenvalue weighted by atomic mass is 35.5. The first-order chi connectivity index (χ1) is 8.90. The average Bonchev–Trinajstić information content (AvgIpc) is 2.33. The van der Waals surface area contributed by atoms with Crippen LogP contribution in [0, 0.1) is 5.82 Å². The number of nitrogens with one attached hydrogen (secondary N) is 1. The summed E-state index contributed by atoms with van der Waals surface area (Å²) in [4.78, 5) is 24.2. The minimum atomic E-state index is -0.571. The van der Waals surface area contributed by atoms with Gasteiger partial charge in [0.15, 0.2) is 0 Å². The first-order valence-corrected chi connectivity index (χ1v) is 6.38. The van der Waals surface area contributed by atoms with E-state index in [4.69, 9.17) is 11.6 Å². The summed E-state index contributed by atoms with van der Waals surface area (Å²) in [5.74, 6) is -0.787. The highest BCUT2D eigenvalue weighted by molar-refractivity contribution is 6.34. The number of rotatable bonds is 2. The lowest BCUT2D eigenvalue weighted by molar-refractivity contribution is -0.120.